The van der Waals surface area contributed by atoms with Gasteiger partial charge in [-0.2, -0.15) is 26.3 Å². The molecule has 226 valence electrons. The third-order valence-electron chi connectivity index (χ3n) is 6.24. The molecule has 0 radical (unpaired) electrons. The lowest BCUT2D eigenvalue weighted by Crippen LogP contribution is -2.50. The van der Waals surface area contributed by atoms with Crippen molar-refractivity contribution in [2.75, 3.05) is 19.3 Å². The highest BCUT2D eigenvalue weighted by atomic mass is 32.2. The maximum Gasteiger partial charge on any atom is 0.416 e. The summed E-state index contributed by atoms with van der Waals surface area (Å²) in [5.41, 5.74) is -3.13. The van der Waals surface area contributed by atoms with Crippen molar-refractivity contribution in [2.24, 2.45) is 5.92 Å². The summed E-state index contributed by atoms with van der Waals surface area (Å²) in [6.07, 6.45) is -4.33. The fraction of sp³-hybridized carbons (Fsp3) is 0.731. The van der Waals surface area contributed by atoms with Crippen LogP contribution in [0.1, 0.15) is 82.9 Å². The van der Waals surface area contributed by atoms with Gasteiger partial charge in [-0.05, 0) is 55.9 Å². The van der Waals surface area contributed by atoms with Crippen LogP contribution in [-0.2, 0) is 33.7 Å². The molecule has 39 heavy (non-hydrogen) atoms. The minimum absolute atomic E-state index is 0.0225. The molecule has 6 nitrogen and oxygen atoms in total. The van der Waals surface area contributed by atoms with Crippen molar-refractivity contribution in [3.63, 3.8) is 0 Å². The highest BCUT2D eigenvalue weighted by molar-refractivity contribution is 7.88. The van der Waals surface area contributed by atoms with Crippen molar-refractivity contribution in [3.8, 4) is 0 Å². The van der Waals surface area contributed by atoms with Crippen molar-refractivity contribution in [1.82, 2.24) is 14.9 Å². The van der Waals surface area contributed by atoms with Crippen molar-refractivity contribution in [3.05, 3.63) is 34.9 Å². The van der Waals surface area contributed by atoms with Gasteiger partial charge in [0.05, 0.1) is 17.4 Å². The van der Waals surface area contributed by atoms with Crippen LogP contribution in [0.15, 0.2) is 18.2 Å². The molecule has 2 aliphatic rings. The van der Waals surface area contributed by atoms with Crippen LogP contribution in [0.4, 0.5) is 26.3 Å². The van der Waals surface area contributed by atoms with Crippen molar-refractivity contribution < 1.29 is 39.6 Å². The number of carbonyl (C=O) groups excluding carboxylic acids is 1. The number of carbonyl (C=O) groups is 1. The molecule has 3 atom stereocenters. The first-order valence-corrected chi connectivity index (χ1v) is 15.2. The van der Waals surface area contributed by atoms with Gasteiger partial charge >= 0.3 is 12.4 Å². The van der Waals surface area contributed by atoms with Gasteiger partial charge in [0.15, 0.2) is 0 Å². The Hall–Kier alpha value is -1.86. The van der Waals surface area contributed by atoms with Gasteiger partial charge in [-0.15, -0.1) is 0 Å². The number of alkyl halides is 6. The van der Waals surface area contributed by atoms with E-state index in [-0.39, 0.29) is 23.7 Å². The Balaban J connectivity index is 0.00000142. The number of nitrogens with zero attached hydrogens (tertiary/aromatic N) is 1. The lowest BCUT2D eigenvalue weighted by molar-refractivity contribution is -0.143. The van der Waals surface area contributed by atoms with E-state index in [0.29, 0.717) is 44.5 Å². The maximum absolute atomic E-state index is 13.0. The van der Waals surface area contributed by atoms with Gasteiger partial charge in [-0.25, -0.2) is 12.7 Å². The summed E-state index contributed by atoms with van der Waals surface area (Å²) in [6, 6.07) is 1.19. The summed E-state index contributed by atoms with van der Waals surface area (Å²) in [7, 11) is -3.29. The number of halogens is 6. The van der Waals surface area contributed by atoms with Gasteiger partial charge in [-0.3, -0.25) is 4.79 Å². The molecule has 1 aromatic rings. The van der Waals surface area contributed by atoms with Crippen LogP contribution in [0.3, 0.4) is 0 Å². The number of sulfonamides is 1. The molecule has 1 aromatic carbocycles. The Morgan fingerprint density at radius 1 is 0.949 bits per heavy atom. The van der Waals surface area contributed by atoms with E-state index in [2.05, 4.69) is 24.5 Å². The highest BCUT2D eigenvalue weighted by Crippen LogP contribution is 2.36. The fourth-order valence-corrected chi connectivity index (χ4v) is 5.45. The van der Waals surface area contributed by atoms with Crippen LogP contribution in [-0.4, -0.2) is 50.1 Å². The molecule has 0 aromatic heterocycles. The summed E-state index contributed by atoms with van der Waals surface area (Å²) in [6.45, 7) is 8.62. The smallest absolute Gasteiger partial charge is 0.352 e. The molecule has 0 bridgehead atoms. The van der Waals surface area contributed by atoms with Gasteiger partial charge in [0, 0.05) is 37.6 Å². The molecular weight excluding hydrogens is 548 g/mol. The Morgan fingerprint density at radius 2 is 1.49 bits per heavy atom. The topological polar surface area (TPSA) is 78.5 Å². The normalized spacial score (nSPS) is 22.3. The number of benzene rings is 1. The van der Waals surface area contributed by atoms with E-state index in [0.717, 1.165) is 19.1 Å². The van der Waals surface area contributed by atoms with Crippen LogP contribution in [0, 0.1) is 5.92 Å². The van der Waals surface area contributed by atoms with Crippen molar-refractivity contribution in [2.45, 2.75) is 97.2 Å². The number of hydrogen-bond acceptors (Lipinski definition) is 4. The SMILES string of the molecule is CC.CCC.CS(=O)(=O)N1CCCC(NC2CC[C@H](C(=O)NCc3cc(C(F)(F)F)cc(C(F)(F)F)c3)C2)C1. The second-order valence-corrected chi connectivity index (χ2v) is 11.7. The molecule has 1 heterocycles. The third-order valence-corrected chi connectivity index (χ3v) is 7.51. The van der Waals surface area contributed by atoms with Crippen molar-refractivity contribution >= 4 is 15.9 Å². The second kappa shape index (κ2) is 15.2. The second-order valence-electron chi connectivity index (χ2n) is 9.67. The first kappa shape index (κ1) is 35.2. The van der Waals surface area contributed by atoms with E-state index in [9.17, 15) is 39.6 Å². The molecular formula is C26H41F6N3O3S. The summed E-state index contributed by atoms with van der Waals surface area (Å²) in [4.78, 5) is 12.5. The minimum Gasteiger partial charge on any atom is -0.352 e. The number of piperidine rings is 1. The van der Waals surface area contributed by atoms with Crippen LogP contribution in [0.2, 0.25) is 0 Å². The fourth-order valence-electron chi connectivity index (χ4n) is 4.54. The molecule has 2 N–H and O–H groups in total. The molecule has 0 spiro atoms. The molecule has 1 saturated heterocycles. The summed E-state index contributed by atoms with van der Waals surface area (Å²) in [5, 5.41) is 5.85. The first-order valence-electron chi connectivity index (χ1n) is 13.3. The largest absolute Gasteiger partial charge is 0.416 e. The lowest BCUT2D eigenvalue weighted by atomic mass is 10.0. The quantitative estimate of drug-likeness (QED) is 0.401. The zero-order valence-corrected chi connectivity index (χ0v) is 24.0. The van der Waals surface area contributed by atoms with Crippen molar-refractivity contribution in [1.29, 1.82) is 0 Å². The van der Waals surface area contributed by atoms with E-state index in [1.807, 2.05) is 13.8 Å². The van der Waals surface area contributed by atoms with Crippen LogP contribution in [0.25, 0.3) is 0 Å². The predicted molar refractivity (Wildman–Crippen MR) is 139 cm³/mol. The van der Waals surface area contributed by atoms with E-state index < -0.39 is 51.9 Å². The Labute approximate surface area is 228 Å². The molecule has 3 rings (SSSR count). The summed E-state index contributed by atoms with van der Waals surface area (Å²) < 4.78 is 103. The van der Waals surface area contributed by atoms with E-state index in [1.165, 1.54) is 10.7 Å². The average Bonchev–Trinajstić information content (AvgIpc) is 3.31. The predicted octanol–water partition coefficient (Wildman–Crippen LogP) is 5.97. The summed E-state index contributed by atoms with van der Waals surface area (Å²) in [5.74, 6) is -0.864. The standard InChI is InChI=1S/C21H27F6N3O3S.C3H8.C2H6/c1-34(32,33)30-6-2-3-18(12-30)29-17-5-4-14(9-17)19(31)28-11-13-7-15(20(22,23)24)10-16(8-13)21(25,26)27;1-3-2;1-2/h7-8,10,14,17-18,29H,2-6,9,11-12H2,1H3,(H,28,31);3H2,1-2H3;1-2H3/t14-,17?,18?;;/m0../s1. The molecule has 1 amide bonds. The zero-order valence-electron chi connectivity index (χ0n) is 23.2. The molecule has 1 saturated carbocycles. The minimum atomic E-state index is -4.95. The lowest BCUT2D eigenvalue weighted by Gasteiger charge is -2.33. The zero-order chi connectivity index (χ0) is 30.0. The molecule has 1 aliphatic carbocycles. The van der Waals surface area contributed by atoms with Crippen LogP contribution in [0.5, 0.6) is 0 Å². The van der Waals surface area contributed by atoms with Gasteiger partial charge in [-0.1, -0.05) is 34.1 Å². The van der Waals surface area contributed by atoms with Gasteiger partial charge in [0.2, 0.25) is 15.9 Å². The van der Waals surface area contributed by atoms with E-state index in [4.69, 9.17) is 0 Å². The van der Waals surface area contributed by atoms with Gasteiger partial charge < -0.3 is 10.6 Å². The Bertz CT molecular complexity index is 983. The van der Waals surface area contributed by atoms with Crippen LogP contribution < -0.4 is 10.6 Å². The van der Waals surface area contributed by atoms with Crippen LogP contribution >= 0.6 is 0 Å². The van der Waals surface area contributed by atoms with E-state index in [1.54, 1.807) is 0 Å². The van der Waals surface area contributed by atoms with E-state index >= 15 is 0 Å². The maximum atomic E-state index is 13.0. The van der Waals surface area contributed by atoms with Gasteiger partial charge in [0.1, 0.15) is 0 Å². The number of hydrogen-bond donors (Lipinski definition) is 2. The summed E-state index contributed by atoms with van der Waals surface area (Å²) >= 11 is 0. The number of rotatable bonds is 6. The number of nitrogens with one attached hydrogen (secondary N) is 2. The Kier molecular flexibility index (Phi) is 13.7. The average molecular weight is 590 g/mol. The first-order chi connectivity index (χ1) is 18.0. The molecule has 13 heteroatoms. The monoisotopic (exact) mass is 589 g/mol. The highest BCUT2D eigenvalue weighted by Gasteiger charge is 2.37. The molecule has 2 unspecified atom stereocenters. The number of amides is 1. The van der Waals surface area contributed by atoms with Gasteiger partial charge in [0.25, 0.3) is 0 Å². The Morgan fingerprint density at radius 3 is 1.97 bits per heavy atom. The molecule has 1 aliphatic heterocycles. The third kappa shape index (κ3) is 11.6. The molecule has 2 fully saturated rings.